The summed E-state index contributed by atoms with van der Waals surface area (Å²) in [4.78, 5) is 27.5. The van der Waals surface area contributed by atoms with Crippen molar-refractivity contribution < 1.29 is 28.9 Å². The highest BCUT2D eigenvalue weighted by molar-refractivity contribution is 6.46. The van der Waals surface area contributed by atoms with Crippen LogP contribution in [0.5, 0.6) is 11.5 Å². The number of aliphatic hydroxyl groups excluding tert-OH is 1. The Balaban J connectivity index is 2.06. The third-order valence-electron chi connectivity index (χ3n) is 5.36. The average Bonchev–Trinajstić information content (AvgIpc) is 3.09. The Morgan fingerprint density at radius 2 is 1.91 bits per heavy atom. The summed E-state index contributed by atoms with van der Waals surface area (Å²) >= 11 is 6.29. The summed E-state index contributed by atoms with van der Waals surface area (Å²) in [7, 11) is 1.57. The maximum absolute atomic E-state index is 13.1. The van der Waals surface area contributed by atoms with E-state index in [9.17, 15) is 14.7 Å². The summed E-state index contributed by atoms with van der Waals surface area (Å²) in [6.45, 7) is 6.98. The molecule has 1 N–H and O–H groups in total. The summed E-state index contributed by atoms with van der Waals surface area (Å²) in [5.74, 6) is -0.635. The van der Waals surface area contributed by atoms with E-state index in [0.29, 0.717) is 60.4 Å². The predicted octanol–water partition coefficient (Wildman–Crippen LogP) is 4.76. The number of halogens is 1. The summed E-state index contributed by atoms with van der Waals surface area (Å²) < 4.78 is 16.1. The zero-order valence-electron chi connectivity index (χ0n) is 19.3. The van der Waals surface area contributed by atoms with E-state index in [1.54, 1.807) is 49.6 Å². The molecule has 8 heteroatoms. The van der Waals surface area contributed by atoms with Gasteiger partial charge < -0.3 is 24.2 Å². The lowest BCUT2D eigenvalue weighted by molar-refractivity contribution is -0.140. The second-order valence-electron chi connectivity index (χ2n) is 7.59. The van der Waals surface area contributed by atoms with Crippen molar-refractivity contribution in [3.05, 3.63) is 76.8 Å². The second-order valence-corrected chi connectivity index (χ2v) is 7.99. The Kier molecular flexibility index (Phi) is 8.73. The first-order valence-corrected chi connectivity index (χ1v) is 11.3. The van der Waals surface area contributed by atoms with Gasteiger partial charge in [-0.2, -0.15) is 0 Å². The smallest absolute Gasteiger partial charge is 0.295 e. The fraction of sp³-hybridized carbons (Fsp3) is 0.308. The van der Waals surface area contributed by atoms with Gasteiger partial charge in [-0.1, -0.05) is 36.4 Å². The number of hydrogen-bond donors (Lipinski definition) is 1. The molecule has 180 valence electrons. The van der Waals surface area contributed by atoms with Gasteiger partial charge in [0.05, 0.1) is 23.2 Å². The third kappa shape index (κ3) is 5.43. The van der Waals surface area contributed by atoms with Gasteiger partial charge in [-0.25, -0.2) is 0 Å². The molecule has 0 spiro atoms. The second kappa shape index (κ2) is 11.7. The van der Waals surface area contributed by atoms with Crippen molar-refractivity contribution in [2.75, 3.05) is 33.5 Å². The molecule has 7 nitrogen and oxygen atoms in total. The minimum absolute atomic E-state index is 0.00223. The minimum atomic E-state index is -0.768. The SMILES string of the molecule is C=CCOc1ccc(C2/C(=C(/O)c3ccc(OCC)c(Cl)c3)C(=O)C(=O)N2CCCOC)cc1. The lowest BCUT2D eigenvalue weighted by atomic mass is 9.95. The number of likely N-dealkylation sites (tertiary alicyclic amines) is 1. The third-order valence-corrected chi connectivity index (χ3v) is 5.65. The highest BCUT2D eigenvalue weighted by atomic mass is 35.5. The predicted molar refractivity (Wildman–Crippen MR) is 130 cm³/mol. The van der Waals surface area contributed by atoms with E-state index in [4.69, 9.17) is 25.8 Å². The number of rotatable bonds is 11. The Morgan fingerprint density at radius 3 is 2.53 bits per heavy atom. The number of aliphatic hydroxyl groups is 1. The quantitative estimate of drug-likeness (QED) is 0.162. The fourth-order valence-corrected chi connectivity index (χ4v) is 4.05. The van der Waals surface area contributed by atoms with Crippen LogP contribution >= 0.6 is 11.6 Å². The van der Waals surface area contributed by atoms with Gasteiger partial charge in [0.2, 0.25) is 0 Å². The molecule has 1 saturated heterocycles. The van der Waals surface area contributed by atoms with Crippen molar-refractivity contribution in [3.8, 4) is 11.5 Å². The monoisotopic (exact) mass is 485 g/mol. The van der Waals surface area contributed by atoms with Gasteiger partial charge in [-0.15, -0.1) is 0 Å². The number of methoxy groups -OCH3 is 1. The van der Waals surface area contributed by atoms with Crippen molar-refractivity contribution in [1.29, 1.82) is 0 Å². The molecule has 0 bridgehead atoms. The first-order chi connectivity index (χ1) is 16.4. The van der Waals surface area contributed by atoms with Crippen LogP contribution < -0.4 is 9.47 Å². The first kappa shape index (κ1) is 25.3. The number of ether oxygens (including phenoxy) is 3. The zero-order chi connectivity index (χ0) is 24.7. The maximum atomic E-state index is 13.1. The molecule has 0 aliphatic carbocycles. The van der Waals surface area contributed by atoms with Gasteiger partial charge >= 0.3 is 0 Å². The Morgan fingerprint density at radius 1 is 1.18 bits per heavy atom. The van der Waals surface area contributed by atoms with E-state index in [0.717, 1.165) is 0 Å². The number of amides is 1. The van der Waals surface area contributed by atoms with Crippen LogP contribution in [0.4, 0.5) is 0 Å². The van der Waals surface area contributed by atoms with Crippen molar-refractivity contribution in [3.63, 3.8) is 0 Å². The van der Waals surface area contributed by atoms with E-state index < -0.39 is 17.7 Å². The number of Topliss-reactive ketones (excluding diaryl/α,β-unsaturated/α-hetero) is 1. The number of ketones is 1. The average molecular weight is 486 g/mol. The molecule has 1 heterocycles. The molecule has 2 aromatic rings. The largest absolute Gasteiger partial charge is 0.507 e. The summed E-state index contributed by atoms with van der Waals surface area (Å²) in [6, 6.07) is 11.0. The summed E-state index contributed by atoms with van der Waals surface area (Å²) in [5.41, 5.74) is 0.989. The van der Waals surface area contributed by atoms with E-state index in [2.05, 4.69) is 6.58 Å². The molecule has 34 heavy (non-hydrogen) atoms. The fourth-order valence-electron chi connectivity index (χ4n) is 3.81. The summed E-state index contributed by atoms with van der Waals surface area (Å²) in [5, 5.41) is 11.5. The van der Waals surface area contributed by atoms with Crippen LogP contribution in [0.15, 0.2) is 60.7 Å². The molecule has 1 amide bonds. The highest BCUT2D eigenvalue weighted by Crippen LogP contribution is 2.40. The van der Waals surface area contributed by atoms with Crippen LogP contribution in [0, 0.1) is 0 Å². The highest BCUT2D eigenvalue weighted by Gasteiger charge is 2.45. The van der Waals surface area contributed by atoms with Crippen LogP contribution in [0.2, 0.25) is 5.02 Å². The van der Waals surface area contributed by atoms with Crippen molar-refractivity contribution >= 4 is 29.1 Å². The molecule has 0 aromatic heterocycles. The molecule has 2 aromatic carbocycles. The molecule has 3 rings (SSSR count). The van der Waals surface area contributed by atoms with Crippen LogP contribution in [0.1, 0.15) is 30.5 Å². The number of benzene rings is 2. The lowest BCUT2D eigenvalue weighted by Crippen LogP contribution is -2.31. The molecule has 1 aliphatic rings. The first-order valence-electron chi connectivity index (χ1n) is 11.0. The standard InChI is InChI=1S/C26H28ClNO6/c1-4-14-34-19-10-7-17(8-11-19)23-22(25(30)26(31)28(23)13-6-15-32-3)24(29)18-9-12-21(33-5-2)20(27)16-18/h4,7-12,16,23,29H,1,5-6,13-15H2,2-3H3/b24-22-. The number of carbonyl (C=O) groups is 2. The molecule has 1 atom stereocenters. The van der Waals surface area contributed by atoms with Gasteiger partial charge in [0.15, 0.2) is 0 Å². The summed E-state index contributed by atoms with van der Waals surface area (Å²) in [6.07, 6.45) is 2.18. The molecule has 1 unspecified atom stereocenters. The topological polar surface area (TPSA) is 85.3 Å². The zero-order valence-corrected chi connectivity index (χ0v) is 20.0. The van der Waals surface area contributed by atoms with E-state index in [-0.39, 0.29) is 11.3 Å². The Labute approximate surface area is 204 Å². The molecule has 1 fully saturated rings. The molecule has 0 saturated carbocycles. The van der Waals surface area contributed by atoms with Gasteiger partial charge in [-0.3, -0.25) is 9.59 Å². The van der Waals surface area contributed by atoms with Crippen molar-refractivity contribution in [2.24, 2.45) is 0 Å². The van der Waals surface area contributed by atoms with Gasteiger partial charge in [0.1, 0.15) is 23.9 Å². The van der Waals surface area contributed by atoms with Crippen LogP contribution in [0.25, 0.3) is 5.76 Å². The molecular weight excluding hydrogens is 458 g/mol. The number of hydrogen-bond acceptors (Lipinski definition) is 6. The van der Waals surface area contributed by atoms with Gasteiger partial charge in [-0.05, 0) is 49.2 Å². The van der Waals surface area contributed by atoms with E-state index >= 15 is 0 Å². The van der Waals surface area contributed by atoms with Crippen LogP contribution in [0.3, 0.4) is 0 Å². The van der Waals surface area contributed by atoms with Crippen LogP contribution in [-0.4, -0.2) is 55.2 Å². The van der Waals surface area contributed by atoms with E-state index in [1.807, 2.05) is 6.92 Å². The number of carbonyl (C=O) groups excluding carboxylic acids is 2. The van der Waals surface area contributed by atoms with Crippen molar-refractivity contribution in [2.45, 2.75) is 19.4 Å². The van der Waals surface area contributed by atoms with Crippen molar-refractivity contribution in [1.82, 2.24) is 4.90 Å². The normalized spacial score (nSPS) is 17.1. The molecule has 1 aliphatic heterocycles. The maximum Gasteiger partial charge on any atom is 0.295 e. The van der Waals surface area contributed by atoms with Gasteiger partial charge in [0.25, 0.3) is 11.7 Å². The van der Waals surface area contributed by atoms with E-state index in [1.165, 1.54) is 11.0 Å². The molecule has 0 radical (unpaired) electrons. The molecular formula is C26H28ClNO6. The minimum Gasteiger partial charge on any atom is -0.507 e. The Bertz CT molecular complexity index is 1080. The van der Waals surface area contributed by atoms with Crippen LogP contribution in [-0.2, 0) is 14.3 Å². The number of nitrogens with zero attached hydrogens (tertiary/aromatic N) is 1. The van der Waals surface area contributed by atoms with Gasteiger partial charge in [0, 0.05) is 25.8 Å². The lowest BCUT2D eigenvalue weighted by Gasteiger charge is -2.25. The Hall–Kier alpha value is -3.29.